The lowest BCUT2D eigenvalue weighted by atomic mass is 10.1. The van der Waals surface area contributed by atoms with Crippen LogP contribution in [0.1, 0.15) is 23.1 Å². The Morgan fingerprint density at radius 1 is 0.967 bits per heavy atom. The monoisotopic (exact) mass is 399 g/mol. The van der Waals surface area contributed by atoms with Crippen LogP contribution in [0, 0.1) is 13.8 Å². The summed E-state index contributed by atoms with van der Waals surface area (Å²) in [6, 6.07) is 21.1. The molecular weight excluding hydrogens is 374 g/mol. The number of ether oxygens (including phenoxy) is 2. The van der Waals surface area contributed by atoms with Gasteiger partial charge in [-0.1, -0.05) is 30.8 Å². The van der Waals surface area contributed by atoms with E-state index in [4.69, 9.17) is 9.47 Å². The number of nitrogens with zero attached hydrogens (tertiary/aromatic N) is 1. The van der Waals surface area contributed by atoms with Crippen LogP contribution in [0.3, 0.4) is 0 Å². The van der Waals surface area contributed by atoms with Crippen molar-refractivity contribution in [1.29, 1.82) is 0 Å². The second-order valence-corrected chi connectivity index (χ2v) is 7.52. The van der Waals surface area contributed by atoms with E-state index in [0.29, 0.717) is 6.61 Å². The minimum atomic E-state index is -0.375. The number of fused-ring (bicyclic) bond motifs is 2. The molecule has 1 aliphatic rings. The maximum Gasteiger partial charge on any atom is 0.330 e. The summed E-state index contributed by atoms with van der Waals surface area (Å²) in [5.41, 5.74) is 6.67. The van der Waals surface area contributed by atoms with E-state index in [1.165, 1.54) is 11.6 Å². The first kappa shape index (κ1) is 19.8. The summed E-state index contributed by atoms with van der Waals surface area (Å²) < 4.78 is 11.3. The summed E-state index contributed by atoms with van der Waals surface area (Å²) in [5, 5.41) is 0. The fourth-order valence-electron chi connectivity index (χ4n) is 3.62. The molecule has 0 saturated heterocycles. The predicted octanol–water partition coefficient (Wildman–Crippen LogP) is 6.54. The van der Waals surface area contributed by atoms with E-state index in [9.17, 15) is 4.79 Å². The van der Waals surface area contributed by atoms with Crippen LogP contribution in [0.15, 0.2) is 73.3 Å². The number of rotatable bonds is 6. The number of hydrogen-bond acceptors (Lipinski definition) is 4. The largest absolute Gasteiger partial charge is 0.463 e. The third-order valence-corrected chi connectivity index (χ3v) is 5.15. The Morgan fingerprint density at radius 3 is 2.13 bits per heavy atom. The maximum atomic E-state index is 11.1. The number of aryl methyl sites for hydroxylation is 3. The number of benzene rings is 3. The van der Waals surface area contributed by atoms with Gasteiger partial charge in [-0.2, -0.15) is 0 Å². The molecule has 0 aromatic heterocycles. The van der Waals surface area contributed by atoms with Gasteiger partial charge >= 0.3 is 5.97 Å². The summed E-state index contributed by atoms with van der Waals surface area (Å²) in [4.78, 5) is 13.4. The van der Waals surface area contributed by atoms with Crippen LogP contribution in [0.4, 0.5) is 17.1 Å². The highest BCUT2D eigenvalue weighted by atomic mass is 16.5. The number of carbonyl (C=O) groups is 1. The van der Waals surface area contributed by atoms with E-state index in [2.05, 4.69) is 86.0 Å². The second kappa shape index (κ2) is 8.46. The Labute approximate surface area is 177 Å². The smallest absolute Gasteiger partial charge is 0.330 e. The quantitative estimate of drug-likeness (QED) is 0.210. The minimum absolute atomic E-state index is 0.375. The third kappa shape index (κ3) is 4.08. The second-order valence-electron chi connectivity index (χ2n) is 7.52. The van der Waals surface area contributed by atoms with Gasteiger partial charge in [0, 0.05) is 11.8 Å². The van der Waals surface area contributed by atoms with Gasteiger partial charge in [0.05, 0.1) is 18.0 Å². The van der Waals surface area contributed by atoms with Crippen molar-refractivity contribution in [2.24, 2.45) is 0 Å². The highest BCUT2D eigenvalue weighted by Gasteiger charge is 2.25. The van der Waals surface area contributed by atoms with Gasteiger partial charge in [-0.15, -0.1) is 0 Å². The molecule has 0 unspecified atom stereocenters. The molecule has 0 fully saturated rings. The molecule has 3 aromatic carbocycles. The normalized spacial score (nSPS) is 11.9. The number of hydrogen-bond donors (Lipinski definition) is 0. The molecule has 4 heteroatoms. The molecule has 4 rings (SSSR count). The first-order chi connectivity index (χ1) is 14.5. The third-order valence-electron chi connectivity index (χ3n) is 5.15. The van der Waals surface area contributed by atoms with E-state index in [0.717, 1.165) is 52.5 Å². The summed E-state index contributed by atoms with van der Waals surface area (Å²) >= 11 is 0. The van der Waals surface area contributed by atoms with Gasteiger partial charge in [-0.05, 0) is 79.8 Å². The average Bonchev–Trinajstić information content (AvgIpc) is 2.75. The highest BCUT2D eigenvalue weighted by molar-refractivity contribution is 5.86. The van der Waals surface area contributed by atoms with Crippen molar-refractivity contribution >= 4 is 23.0 Å². The molecule has 0 radical (unpaired) electrons. The number of carbonyl (C=O) groups excluding carboxylic acids is 1. The van der Waals surface area contributed by atoms with Crippen LogP contribution >= 0.6 is 0 Å². The van der Waals surface area contributed by atoms with E-state index < -0.39 is 0 Å². The molecule has 0 bridgehead atoms. The van der Waals surface area contributed by atoms with Gasteiger partial charge in [0.15, 0.2) is 11.5 Å². The Hall–Kier alpha value is -3.53. The van der Waals surface area contributed by atoms with Crippen LogP contribution in [0.5, 0.6) is 11.5 Å². The zero-order valence-electron chi connectivity index (χ0n) is 17.4. The van der Waals surface area contributed by atoms with Crippen LogP contribution in [0.2, 0.25) is 0 Å². The van der Waals surface area contributed by atoms with E-state index in [1.54, 1.807) is 0 Å². The van der Waals surface area contributed by atoms with Gasteiger partial charge in [0.2, 0.25) is 0 Å². The van der Waals surface area contributed by atoms with Crippen molar-refractivity contribution in [1.82, 2.24) is 0 Å². The fraction of sp³-hybridized carbons (Fsp3) is 0.192. The van der Waals surface area contributed by atoms with Crippen molar-refractivity contribution in [2.45, 2.75) is 26.7 Å². The molecule has 0 atom stereocenters. The Kier molecular flexibility index (Phi) is 5.57. The molecule has 4 nitrogen and oxygen atoms in total. The molecule has 0 aliphatic carbocycles. The SMILES string of the molecule is C=CC(=O)OCCCc1ccc(N2c3ccc(C)cc3Oc3cc(C)ccc32)cc1. The lowest BCUT2D eigenvalue weighted by Crippen LogP contribution is -2.16. The van der Waals surface area contributed by atoms with Crippen LogP contribution in [-0.4, -0.2) is 12.6 Å². The van der Waals surface area contributed by atoms with Crippen LogP contribution < -0.4 is 9.64 Å². The zero-order chi connectivity index (χ0) is 21.1. The number of anilines is 3. The molecule has 0 saturated carbocycles. The van der Waals surface area contributed by atoms with Gasteiger partial charge in [0.1, 0.15) is 0 Å². The maximum absolute atomic E-state index is 11.1. The van der Waals surface area contributed by atoms with Crippen molar-refractivity contribution < 1.29 is 14.3 Å². The van der Waals surface area contributed by atoms with Crippen molar-refractivity contribution in [3.05, 3.63) is 90.0 Å². The summed E-state index contributed by atoms with van der Waals surface area (Å²) in [7, 11) is 0. The molecular formula is C26H25NO3. The van der Waals surface area contributed by atoms with E-state index >= 15 is 0 Å². The summed E-state index contributed by atoms with van der Waals surface area (Å²) in [5.74, 6) is 1.35. The minimum Gasteiger partial charge on any atom is -0.463 e. The van der Waals surface area contributed by atoms with Gasteiger partial charge in [0.25, 0.3) is 0 Å². The first-order valence-electron chi connectivity index (χ1n) is 10.1. The van der Waals surface area contributed by atoms with Crippen LogP contribution in [-0.2, 0) is 16.0 Å². The molecule has 0 spiro atoms. The fourth-order valence-corrected chi connectivity index (χ4v) is 3.62. The van der Waals surface area contributed by atoms with E-state index in [1.807, 2.05) is 0 Å². The molecule has 3 aromatic rings. The molecule has 0 N–H and O–H groups in total. The van der Waals surface area contributed by atoms with Crippen molar-refractivity contribution in [2.75, 3.05) is 11.5 Å². The van der Waals surface area contributed by atoms with Crippen LogP contribution in [0.25, 0.3) is 0 Å². The lowest BCUT2D eigenvalue weighted by molar-refractivity contribution is -0.137. The summed E-state index contributed by atoms with van der Waals surface area (Å²) in [6.07, 6.45) is 2.82. The lowest BCUT2D eigenvalue weighted by Gasteiger charge is -2.33. The summed E-state index contributed by atoms with van der Waals surface area (Å²) in [6.45, 7) is 7.94. The van der Waals surface area contributed by atoms with Gasteiger partial charge < -0.3 is 14.4 Å². The predicted molar refractivity (Wildman–Crippen MR) is 120 cm³/mol. The molecule has 1 heterocycles. The standard InChI is InChI=1S/C26H25NO3/c1-4-26(28)29-15-5-6-20-9-11-21(12-10-20)27-22-13-7-18(2)16-24(22)30-25-17-19(3)8-14-23(25)27/h4,7-14,16-17H,1,5-6,15H2,2-3H3. The van der Waals surface area contributed by atoms with Gasteiger partial charge in [-0.25, -0.2) is 4.79 Å². The topological polar surface area (TPSA) is 38.8 Å². The molecule has 1 aliphatic heterocycles. The van der Waals surface area contributed by atoms with E-state index in [-0.39, 0.29) is 5.97 Å². The molecule has 0 amide bonds. The first-order valence-corrected chi connectivity index (χ1v) is 10.1. The Bertz CT molecular complexity index is 1030. The Balaban J connectivity index is 1.59. The molecule has 152 valence electrons. The van der Waals surface area contributed by atoms with Crippen molar-refractivity contribution in [3.63, 3.8) is 0 Å². The highest BCUT2D eigenvalue weighted by Crippen LogP contribution is 2.50. The molecule has 30 heavy (non-hydrogen) atoms. The van der Waals surface area contributed by atoms with Gasteiger partial charge in [-0.3, -0.25) is 0 Å². The zero-order valence-corrected chi connectivity index (χ0v) is 17.4. The average molecular weight is 399 g/mol. The van der Waals surface area contributed by atoms with Crippen molar-refractivity contribution in [3.8, 4) is 11.5 Å². The number of esters is 1. The Morgan fingerprint density at radius 2 is 1.57 bits per heavy atom.